The molecule has 1 N–H and O–H groups in total. The van der Waals surface area contributed by atoms with E-state index in [2.05, 4.69) is 85.3 Å². The molecule has 0 aliphatic carbocycles. The summed E-state index contributed by atoms with van der Waals surface area (Å²) in [6.07, 6.45) is 1.72. The van der Waals surface area contributed by atoms with Gasteiger partial charge in [0.15, 0.2) is 0 Å². The van der Waals surface area contributed by atoms with Gasteiger partial charge in [0.1, 0.15) is 0 Å². The highest BCUT2D eigenvalue weighted by atomic mass is 32.2. The van der Waals surface area contributed by atoms with Gasteiger partial charge in [0.05, 0.1) is 12.0 Å². The summed E-state index contributed by atoms with van der Waals surface area (Å²) in [5, 5.41) is 4.16. The van der Waals surface area contributed by atoms with Crippen LogP contribution >= 0.6 is 11.8 Å². The number of rotatable bonds is 7. The Hall–Kier alpha value is -2.79. The molecule has 0 bridgehead atoms. The van der Waals surface area contributed by atoms with Crippen LogP contribution in [0.5, 0.6) is 0 Å². The van der Waals surface area contributed by atoms with Gasteiger partial charge in [-0.2, -0.15) is 5.10 Å². The summed E-state index contributed by atoms with van der Waals surface area (Å²) >= 11 is 1.59. The van der Waals surface area contributed by atoms with Gasteiger partial charge >= 0.3 is 0 Å². The second-order valence-electron chi connectivity index (χ2n) is 7.21. The molecular weight excluding hydrogens is 378 g/mol. The minimum Gasteiger partial charge on any atom is -0.318 e. The molecule has 0 unspecified atom stereocenters. The van der Waals surface area contributed by atoms with Gasteiger partial charge in [-0.05, 0) is 57.0 Å². The lowest BCUT2D eigenvalue weighted by molar-refractivity contribution is -0.118. The van der Waals surface area contributed by atoms with Gasteiger partial charge in [-0.1, -0.05) is 42.0 Å². The molecule has 0 spiro atoms. The SMILES string of the molecule is Cc1ccc(-n2c(C)cc(/C=N\NC(=O)CSCc3ccccc3C)c2C)cc1. The Morgan fingerprint density at radius 1 is 1.07 bits per heavy atom. The van der Waals surface area contributed by atoms with Crippen molar-refractivity contribution in [2.45, 2.75) is 33.4 Å². The van der Waals surface area contributed by atoms with Gasteiger partial charge in [0.25, 0.3) is 0 Å². The first-order chi connectivity index (χ1) is 14.0. The fourth-order valence-electron chi connectivity index (χ4n) is 3.24. The molecule has 0 saturated heterocycles. The van der Waals surface area contributed by atoms with Gasteiger partial charge in [0, 0.05) is 28.4 Å². The largest absolute Gasteiger partial charge is 0.318 e. The van der Waals surface area contributed by atoms with Crippen molar-refractivity contribution in [3.8, 4) is 5.69 Å². The lowest BCUT2D eigenvalue weighted by Gasteiger charge is -2.09. The average Bonchev–Trinajstić information content (AvgIpc) is 2.98. The van der Waals surface area contributed by atoms with E-state index in [0.29, 0.717) is 5.75 Å². The van der Waals surface area contributed by atoms with Crippen molar-refractivity contribution in [3.63, 3.8) is 0 Å². The maximum absolute atomic E-state index is 12.1. The van der Waals surface area contributed by atoms with Gasteiger partial charge in [-0.3, -0.25) is 4.79 Å². The fraction of sp³-hybridized carbons (Fsp3) is 0.250. The van der Waals surface area contributed by atoms with Gasteiger partial charge < -0.3 is 4.57 Å². The first-order valence-electron chi connectivity index (χ1n) is 9.66. The molecule has 4 nitrogen and oxygen atoms in total. The van der Waals surface area contributed by atoms with Crippen molar-refractivity contribution in [1.82, 2.24) is 9.99 Å². The lowest BCUT2D eigenvalue weighted by atomic mass is 10.1. The number of aromatic nitrogens is 1. The van der Waals surface area contributed by atoms with E-state index in [0.717, 1.165) is 28.4 Å². The molecule has 0 fully saturated rings. The zero-order chi connectivity index (χ0) is 20.8. The smallest absolute Gasteiger partial charge is 0.250 e. The first kappa shape index (κ1) is 20.9. The van der Waals surface area contributed by atoms with E-state index in [-0.39, 0.29) is 5.91 Å². The number of amides is 1. The number of carbonyl (C=O) groups is 1. The molecule has 0 aliphatic heterocycles. The van der Waals surface area contributed by atoms with E-state index in [9.17, 15) is 4.79 Å². The topological polar surface area (TPSA) is 46.4 Å². The van der Waals surface area contributed by atoms with Crippen LogP contribution in [0, 0.1) is 27.7 Å². The number of nitrogens with one attached hydrogen (secondary N) is 1. The molecule has 3 aromatic rings. The molecule has 0 radical (unpaired) electrons. The molecule has 5 heteroatoms. The van der Waals surface area contributed by atoms with Crippen molar-refractivity contribution in [2.75, 3.05) is 5.75 Å². The van der Waals surface area contributed by atoms with E-state index < -0.39 is 0 Å². The minimum absolute atomic E-state index is 0.0906. The van der Waals surface area contributed by atoms with Gasteiger partial charge in [0.2, 0.25) is 5.91 Å². The summed E-state index contributed by atoms with van der Waals surface area (Å²) in [5.41, 5.74) is 10.7. The van der Waals surface area contributed by atoms with Crippen LogP contribution in [0.25, 0.3) is 5.69 Å². The highest BCUT2D eigenvalue weighted by Gasteiger charge is 2.09. The maximum atomic E-state index is 12.1. The highest BCUT2D eigenvalue weighted by molar-refractivity contribution is 7.99. The monoisotopic (exact) mass is 405 g/mol. The Balaban J connectivity index is 1.56. The molecule has 0 atom stereocenters. The molecule has 1 heterocycles. The molecule has 1 amide bonds. The van der Waals surface area contributed by atoms with E-state index in [1.54, 1.807) is 18.0 Å². The first-order valence-corrected chi connectivity index (χ1v) is 10.8. The van der Waals surface area contributed by atoms with Gasteiger partial charge in [-0.15, -0.1) is 11.8 Å². The summed E-state index contributed by atoms with van der Waals surface area (Å²) in [6, 6.07) is 18.8. The number of hydrogen-bond acceptors (Lipinski definition) is 3. The van der Waals surface area contributed by atoms with Crippen LogP contribution in [-0.2, 0) is 10.5 Å². The van der Waals surface area contributed by atoms with Crippen molar-refractivity contribution in [1.29, 1.82) is 0 Å². The standard InChI is InChI=1S/C24H27N3OS/c1-17-9-11-23(12-10-17)27-19(3)13-22(20(27)4)14-25-26-24(28)16-29-15-21-8-6-5-7-18(21)2/h5-14H,15-16H2,1-4H3,(H,26,28)/b25-14-. The van der Waals surface area contributed by atoms with Crippen LogP contribution in [0.15, 0.2) is 59.7 Å². The predicted molar refractivity (Wildman–Crippen MR) is 123 cm³/mol. The Kier molecular flexibility index (Phi) is 6.94. The molecule has 3 rings (SSSR count). The number of aryl methyl sites for hydroxylation is 3. The van der Waals surface area contributed by atoms with Crippen molar-refractivity contribution >= 4 is 23.9 Å². The Bertz CT molecular complexity index is 1020. The third-order valence-electron chi connectivity index (χ3n) is 4.91. The zero-order valence-electron chi connectivity index (χ0n) is 17.4. The predicted octanol–water partition coefficient (Wildman–Crippen LogP) is 5.09. The number of nitrogens with zero attached hydrogens (tertiary/aromatic N) is 2. The summed E-state index contributed by atoms with van der Waals surface area (Å²) in [4.78, 5) is 12.1. The van der Waals surface area contributed by atoms with Crippen molar-refractivity contribution in [3.05, 3.63) is 88.2 Å². The fourth-order valence-corrected chi connectivity index (χ4v) is 4.14. The molecule has 29 heavy (non-hydrogen) atoms. The molecule has 2 aromatic carbocycles. The number of hydrogen-bond donors (Lipinski definition) is 1. The molecule has 0 saturated carbocycles. The molecule has 0 aliphatic rings. The number of benzene rings is 2. The lowest BCUT2D eigenvalue weighted by Crippen LogP contribution is -2.19. The average molecular weight is 406 g/mol. The van der Waals surface area contributed by atoms with Crippen LogP contribution in [0.4, 0.5) is 0 Å². The normalized spacial score (nSPS) is 11.2. The quantitative estimate of drug-likeness (QED) is 0.439. The minimum atomic E-state index is -0.0906. The van der Waals surface area contributed by atoms with Gasteiger partial charge in [-0.25, -0.2) is 5.43 Å². The molecule has 150 valence electrons. The number of hydrazone groups is 1. The second-order valence-corrected chi connectivity index (χ2v) is 8.20. The van der Waals surface area contributed by atoms with E-state index in [1.807, 2.05) is 12.1 Å². The Labute approximate surface area is 177 Å². The molecular formula is C24H27N3OS. The maximum Gasteiger partial charge on any atom is 0.250 e. The van der Waals surface area contributed by atoms with E-state index in [1.165, 1.54) is 16.7 Å². The summed E-state index contributed by atoms with van der Waals surface area (Å²) in [7, 11) is 0. The van der Waals surface area contributed by atoms with E-state index in [4.69, 9.17) is 0 Å². The molecule has 1 aromatic heterocycles. The number of thioether (sulfide) groups is 1. The Morgan fingerprint density at radius 3 is 2.52 bits per heavy atom. The summed E-state index contributed by atoms with van der Waals surface area (Å²) in [5.74, 6) is 1.11. The number of carbonyl (C=O) groups excluding carboxylic acids is 1. The highest BCUT2D eigenvalue weighted by Crippen LogP contribution is 2.20. The second kappa shape index (κ2) is 9.61. The van der Waals surface area contributed by atoms with Crippen LogP contribution in [0.2, 0.25) is 0 Å². The third-order valence-corrected chi connectivity index (χ3v) is 5.89. The third kappa shape index (κ3) is 5.39. The van der Waals surface area contributed by atoms with Crippen LogP contribution in [0.1, 0.15) is 33.6 Å². The van der Waals surface area contributed by atoms with Crippen LogP contribution in [0.3, 0.4) is 0 Å². The summed E-state index contributed by atoms with van der Waals surface area (Å²) < 4.78 is 2.20. The Morgan fingerprint density at radius 2 is 1.79 bits per heavy atom. The van der Waals surface area contributed by atoms with Crippen LogP contribution < -0.4 is 5.43 Å². The summed E-state index contributed by atoms with van der Waals surface area (Å²) in [6.45, 7) is 8.31. The van der Waals surface area contributed by atoms with Crippen molar-refractivity contribution in [2.24, 2.45) is 5.10 Å². The zero-order valence-corrected chi connectivity index (χ0v) is 18.2. The van der Waals surface area contributed by atoms with Crippen molar-refractivity contribution < 1.29 is 4.79 Å². The van der Waals surface area contributed by atoms with Crippen LogP contribution in [-0.4, -0.2) is 22.4 Å². The van der Waals surface area contributed by atoms with E-state index >= 15 is 0 Å².